The molecule has 0 aliphatic carbocycles. The van der Waals surface area contributed by atoms with Crippen LogP contribution in [0.3, 0.4) is 0 Å². The number of ketones is 1. The number of hydrogen-bond acceptors (Lipinski definition) is 4. The van der Waals surface area contributed by atoms with Crippen LogP contribution in [0, 0.1) is 6.92 Å². The number of pyridine rings is 1. The van der Waals surface area contributed by atoms with Crippen molar-refractivity contribution in [2.24, 2.45) is 0 Å². The SMILES string of the molecule is CCCCCC(=O)c1cnc2ccc(OC)cc2c1Nc1ccccc1C. The number of aryl methyl sites for hydroxylation is 1. The number of benzene rings is 2. The Morgan fingerprint density at radius 1 is 1.15 bits per heavy atom. The number of aromatic nitrogens is 1. The normalized spacial score (nSPS) is 10.8. The van der Waals surface area contributed by atoms with Crippen LogP contribution in [-0.4, -0.2) is 17.9 Å². The van der Waals surface area contributed by atoms with Crippen molar-refractivity contribution < 1.29 is 9.53 Å². The van der Waals surface area contributed by atoms with E-state index >= 15 is 0 Å². The lowest BCUT2D eigenvalue weighted by atomic mass is 10.0. The summed E-state index contributed by atoms with van der Waals surface area (Å²) in [6.45, 7) is 4.19. The third-order valence-corrected chi connectivity index (χ3v) is 4.79. The molecule has 4 heteroatoms. The number of methoxy groups -OCH3 is 1. The van der Waals surface area contributed by atoms with Gasteiger partial charge in [0.2, 0.25) is 0 Å². The lowest BCUT2D eigenvalue weighted by molar-refractivity contribution is 0.0980. The molecule has 2 aromatic carbocycles. The predicted molar refractivity (Wildman–Crippen MR) is 111 cm³/mol. The van der Waals surface area contributed by atoms with Crippen molar-refractivity contribution in [3.05, 3.63) is 59.8 Å². The zero-order valence-corrected chi connectivity index (χ0v) is 16.2. The van der Waals surface area contributed by atoms with Crippen LogP contribution in [0.15, 0.2) is 48.7 Å². The molecule has 3 rings (SSSR count). The van der Waals surface area contributed by atoms with Gasteiger partial charge in [-0.3, -0.25) is 9.78 Å². The van der Waals surface area contributed by atoms with Gasteiger partial charge in [0.05, 0.1) is 23.9 Å². The Hall–Kier alpha value is -2.88. The van der Waals surface area contributed by atoms with Gasteiger partial charge in [-0.15, -0.1) is 0 Å². The van der Waals surface area contributed by atoms with Gasteiger partial charge in [0.25, 0.3) is 0 Å². The Labute approximate surface area is 160 Å². The van der Waals surface area contributed by atoms with E-state index in [0.717, 1.165) is 52.9 Å². The van der Waals surface area contributed by atoms with Crippen molar-refractivity contribution in [1.82, 2.24) is 4.98 Å². The molecular weight excluding hydrogens is 336 g/mol. The Balaban J connectivity index is 2.10. The molecule has 0 bridgehead atoms. The molecule has 0 atom stereocenters. The maximum absolute atomic E-state index is 12.9. The smallest absolute Gasteiger partial charge is 0.166 e. The maximum atomic E-state index is 12.9. The highest BCUT2D eigenvalue weighted by molar-refractivity contribution is 6.09. The number of nitrogens with one attached hydrogen (secondary N) is 1. The highest BCUT2D eigenvalue weighted by atomic mass is 16.5. The first-order chi connectivity index (χ1) is 13.1. The van der Waals surface area contributed by atoms with E-state index in [-0.39, 0.29) is 5.78 Å². The molecule has 1 heterocycles. The topological polar surface area (TPSA) is 51.2 Å². The van der Waals surface area contributed by atoms with Crippen molar-refractivity contribution in [3.63, 3.8) is 0 Å². The molecule has 0 saturated carbocycles. The molecule has 0 amide bonds. The maximum Gasteiger partial charge on any atom is 0.166 e. The molecule has 0 aliphatic rings. The first-order valence-corrected chi connectivity index (χ1v) is 9.46. The molecule has 0 radical (unpaired) electrons. The lowest BCUT2D eigenvalue weighted by Crippen LogP contribution is -2.06. The van der Waals surface area contributed by atoms with Gasteiger partial charge in [0, 0.05) is 23.7 Å². The first kappa shape index (κ1) is 18.9. The highest BCUT2D eigenvalue weighted by Crippen LogP contribution is 2.33. The van der Waals surface area contributed by atoms with E-state index in [0.29, 0.717) is 12.0 Å². The Morgan fingerprint density at radius 2 is 1.96 bits per heavy atom. The number of nitrogens with zero attached hydrogens (tertiary/aromatic N) is 1. The summed E-state index contributed by atoms with van der Waals surface area (Å²) in [5, 5.41) is 4.38. The molecule has 1 aromatic heterocycles. The van der Waals surface area contributed by atoms with E-state index in [4.69, 9.17) is 4.74 Å². The molecule has 140 valence electrons. The molecule has 1 N–H and O–H groups in total. The minimum absolute atomic E-state index is 0.122. The van der Waals surface area contributed by atoms with E-state index in [1.54, 1.807) is 13.3 Å². The van der Waals surface area contributed by atoms with Crippen LogP contribution in [0.4, 0.5) is 11.4 Å². The number of hydrogen-bond donors (Lipinski definition) is 1. The van der Waals surface area contributed by atoms with Crippen LogP contribution >= 0.6 is 0 Å². The summed E-state index contributed by atoms with van der Waals surface area (Å²) < 4.78 is 5.39. The number of Topliss-reactive ketones (excluding diaryl/α,β-unsaturated/α-hetero) is 1. The van der Waals surface area contributed by atoms with Gasteiger partial charge in [0.1, 0.15) is 5.75 Å². The largest absolute Gasteiger partial charge is 0.497 e. The van der Waals surface area contributed by atoms with Crippen molar-refractivity contribution in [3.8, 4) is 5.75 Å². The van der Waals surface area contributed by atoms with E-state index in [2.05, 4.69) is 30.2 Å². The van der Waals surface area contributed by atoms with Crippen LogP contribution in [0.25, 0.3) is 10.9 Å². The molecule has 0 fully saturated rings. The summed E-state index contributed by atoms with van der Waals surface area (Å²) in [5.41, 5.74) is 4.37. The fraction of sp³-hybridized carbons (Fsp3) is 0.304. The van der Waals surface area contributed by atoms with Crippen LogP contribution in [0.5, 0.6) is 5.75 Å². The summed E-state index contributed by atoms with van der Waals surface area (Å²) in [4.78, 5) is 17.4. The van der Waals surface area contributed by atoms with Crippen molar-refractivity contribution >= 4 is 28.1 Å². The summed E-state index contributed by atoms with van der Waals surface area (Å²) in [6, 6.07) is 13.8. The standard InChI is InChI=1S/C23H26N2O2/c1-4-5-6-11-22(26)19-15-24-21-13-12-17(27-3)14-18(21)23(19)25-20-10-8-7-9-16(20)2/h7-10,12-15H,4-6,11H2,1-3H3,(H,24,25). The molecule has 0 saturated heterocycles. The van der Waals surface area contributed by atoms with Crippen molar-refractivity contribution in [1.29, 1.82) is 0 Å². The monoisotopic (exact) mass is 362 g/mol. The average Bonchev–Trinajstić information content (AvgIpc) is 2.69. The van der Waals surface area contributed by atoms with Gasteiger partial charge >= 0.3 is 0 Å². The van der Waals surface area contributed by atoms with Crippen LogP contribution in [-0.2, 0) is 0 Å². The van der Waals surface area contributed by atoms with Crippen molar-refractivity contribution in [2.45, 2.75) is 39.5 Å². The summed E-state index contributed by atoms with van der Waals surface area (Å²) in [7, 11) is 1.64. The predicted octanol–water partition coefficient (Wildman–Crippen LogP) is 6.06. The first-order valence-electron chi connectivity index (χ1n) is 9.46. The number of fused-ring (bicyclic) bond motifs is 1. The number of unbranched alkanes of at least 4 members (excludes halogenated alkanes) is 2. The number of anilines is 2. The zero-order chi connectivity index (χ0) is 19.2. The summed E-state index contributed by atoms with van der Waals surface area (Å²) in [5.74, 6) is 0.865. The van der Waals surface area contributed by atoms with Gasteiger partial charge in [-0.25, -0.2) is 0 Å². The van der Waals surface area contributed by atoms with Gasteiger partial charge in [0.15, 0.2) is 5.78 Å². The second-order valence-corrected chi connectivity index (χ2v) is 6.75. The second-order valence-electron chi connectivity index (χ2n) is 6.75. The molecule has 27 heavy (non-hydrogen) atoms. The average molecular weight is 362 g/mol. The Morgan fingerprint density at radius 3 is 2.70 bits per heavy atom. The van der Waals surface area contributed by atoms with Gasteiger partial charge < -0.3 is 10.1 Å². The fourth-order valence-electron chi connectivity index (χ4n) is 3.16. The van der Waals surface area contributed by atoms with Gasteiger partial charge in [-0.05, 0) is 43.2 Å². The van der Waals surface area contributed by atoms with Crippen LogP contribution in [0.2, 0.25) is 0 Å². The van der Waals surface area contributed by atoms with E-state index in [1.165, 1.54) is 0 Å². The minimum atomic E-state index is 0.122. The molecule has 4 nitrogen and oxygen atoms in total. The molecule has 0 unspecified atom stereocenters. The van der Waals surface area contributed by atoms with E-state index in [9.17, 15) is 4.79 Å². The van der Waals surface area contributed by atoms with Gasteiger partial charge in [-0.1, -0.05) is 38.0 Å². The number of para-hydroxylation sites is 1. The lowest BCUT2D eigenvalue weighted by Gasteiger charge is -2.16. The van der Waals surface area contributed by atoms with Crippen LogP contribution < -0.4 is 10.1 Å². The Bertz CT molecular complexity index is 950. The molecule has 0 aliphatic heterocycles. The van der Waals surface area contributed by atoms with Gasteiger partial charge in [-0.2, -0.15) is 0 Å². The number of carbonyl (C=O) groups is 1. The summed E-state index contributed by atoms with van der Waals surface area (Å²) in [6.07, 6.45) is 5.28. The third kappa shape index (κ3) is 4.27. The number of rotatable bonds is 8. The van der Waals surface area contributed by atoms with E-state index in [1.807, 2.05) is 36.4 Å². The highest BCUT2D eigenvalue weighted by Gasteiger charge is 2.17. The second kappa shape index (κ2) is 8.67. The third-order valence-electron chi connectivity index (χ3n) is 4.79. The van der Waals surface area contributed by atoms with Crippen LogP contribution in [0.1, 0.15) is 48.5 Å². The molecule has 0 spiro atoms. The minimum Gasteiger partial charge on any atom is -0.497 e. The zero-order valence-electron chi connectivity index (χ0n) is 16.2. The summed E-state index contributed by atoms with van der Waals surface area (Å²) >= 11 is 0. The quantitative estimate of drug-likeness (QED) is 0.391. The molecule has 3 aromatic rings. The number of carbonyl (C=O) groups excluding carboxylic acids is 1. The van der Waals surface area contributed by atoms with Crippen molar-refractivity contribution in [2.75, 3.05) is 12.4 Å². The molecular formula is C23H26N2O2. The number of ether oxygens (including phenoxy) is 1. The van der Waals surface area contributed by atoms with E-state index < -0.39 is 0 Å². The Kier molecular flexibility index (Phi) is 6.07. The fourth-order valence-corrected chi connectivity index (χ4v) is 3.16.